The molecule has 0 saturated carbocycles. The van der Waals surface area contributed by atoms with Crippen molar-refractivity contribution < 1.29 is 4.74 Å². The first-order valence-corrected chi connectivity index (χ1v) is 9.34. The van der Waals surface area contributed by atoms with E-state index in [0.29, 0.717) is 6.54 Å². The molecule has 0 spiro atoms. The Morgan fingerprint density at radius 1 is 1.23 bits per heavy atom. The highest BCUT2D eigenvalue weighted by Crippen LogP contribution is 2.24. The fraction of sp³-hybridized carbons (Fsp3) is 0.474. The molecule has 0 aliphatic rings. The minimum absolute atomic E-state index is 0. The Bertz CT molecular complexity index is 698. The molecular weight excluding hydrogens is 459 g/mol. The van der Waals surface area contributed by atoms with Crippen LogP contribution in [0.25, 0.3) is 0 Å². The molecule has 0 unspecified atom stereocenters. The summed E-state index contributed by atoms with van der Waals surface area (Å²) in [6.45, 7) is 10.8. The number of nitrogens with zero attached hydrogens (tertiary/aromatic N) is 2. The quantitative estimate of drug-likeness (QED) is 0.350. The van der Waals surface area contributed by atoms with Crippen molar-refractivity contribution in [2.45, 2.75) is 39.7 Å². The first-order chi connectivity index (χ1) is 11.9. The van der Waals surface area contributed by atoms with E-state index in [1.54, 1.807) is 18.4 Å². The van der Waals surface area contributed by atoms with Crippen molar-refractivity contribution in [3.63, 3.8) is 0 Å². The molecule has 1 aromatic carbocycles. The number of methoxy groups -OCH3 is 1. The van der Waals surface area contributed by atoms with Gasteiger partial charge in [-0.15, -0.1) is 35.3 Å². The fourth-order valence-corrected chi connectivity index (χ4v) is 3.12. The highest BCUT2D eigenvalue weighted by atomic mass is 127. The lowest BCUT2D eigenvalue weighted by atomic mass is 9.84. The van der Waals surface area contributed by atoms with Gasteiger partial charge in [0.1, 0.15) is 10.8 Å². The molecule has 2 N–H and O–H groups in total. The smallest absolute Gasteiger partial charge is 0.191 e. The number of halogens is 1. The van der Waals surface area contributed by atoms with Gasteiger partial charge in [0.25, 0.3) is 0 Å². The molecular formula is C19H29IN4OS. The number of aryl methyl sites for hydroxylation is 1. The summed E-state index contributed by atoms with van der Waals surface area (Å²) in [5.74, 6) is 1.69. The van der Waals surface area contributed by atoms with Crippen LogP contribution in [0.1, 0.15) is 36.2 Å². The third-order valence-electron chi connectivity index (χ3n) is 3.96. The van der Waals surface area contributed by atoms with E-state index in [1.165, 1.54) is 10.4 Å². The normalized spacial score (nSPS) is 11.7. The number of aliphatic imine (C=N–C) groups is 1. The van der Waals surface area contributed by atoms with Crippen molar-refractivity contribution in [2.24, 2.45) is 4.99 Å². The highest BCUT2D eigenvalue weighted by molar-refractivity contribution is 14.0. The van der Waals surface area contributed by atoms with Crippen LogP contribution in [0.4, 0.5) is 0 Å². The van der Waals surface area contributed by atoms with E-state index in [4.69, 9.17) is 4.74 Å². The van der Waals surface area contributed by atoms with Gasteiger partial charge in [0.05, 0.1) is 13.7 Å². The third-order valence-corrected chi connectivity index (χ3v) is 4.85. The number of thiazole rings is 1. The molecule has 144 valence electrons. The van der Waals surface area contributed by atoms with Gasteiger partial charge in [-0.05, 0) is 31.5 Å². The monoisotopic (exact) mass is 488 g/mol. The van der Waals surface area contributed by atoms with Gasteiger partial charge < -0.3 is 15.4 Å². The molecule has 0 saturated heterocycles. The average molecular weight is 488 g/mol. The molecule has 26 heavy (non-hydrogen) atoms. The number of benzene rings is 1. The lowest BCUT2D eigenvalue weighted by Crippen LogP contribution is -2.43. The summed E-state index contributed by atoms with van der Waals surface area (Å²) >= 11 is 1.69. The number of guanidine groups is 1. The number of aromatic nitrogens is 1. The van der Waals surface area contributed by atoms with Crippen LogP contribution in [0.5, 0.6) is 5.75 Å². The Balaban J connectivity index is 0.00000338. The van der Waals surface area contributed by atoms with Crippen molar-refractivity contribution in [1.82, 2.24) is 15.6 Å². The van der Waals surface area contributed by atoms with E-state index in [0.717, 1.165) is 29.8 Å². The van der Waals surface area contributed by atoms with Crippen molar-refractivity contribution in [3.05, 3.63) is 45.9 Å². The Hall–Kier alpha value is -1.35. The molecule has 0 bridgehead atoms. The van der Waals surface area contributed by atoms with Crippen LogP contribution in [-0.2, 0) is 12.0 Å². The predicted molar refractivity (Wildman–Crippen MR) is 121 cm³/mol. The zero-order valence-electron chi connectivity index (χ0n) is 16.1. The van der Waals surface area contributed by atoms with E-state index in [9.17, 15) is 0 Å². The molecule has 0 aliphatic carbocycles. The molecule has 0 fully saturated rings. The van der Waals surface area contributed by atoms with E-state index < -0.39 is 0 Å². The molecule has 0 aliphatic heterocycles. The fourth-order valence-electron chi connectivity index (χ4n) is 2.41. The van der Waals surface area contributed by atoms with E-state index in [2.05, 4.69) is 60.4 Å². The summed E-state index contributed by atoms with van der Waals surface area (Å²) in [6.07, 6.45) is 1.89. The topological polar surface area (TPSA) is 58.5 Å². The predicted octanol–water partition coefficient (Wildman–Crippen LogP) is 4.11. The molecule has 1 aromatic heterocycles. The van der Waals surface area contributed by atoms with Crippen molar-refractivity contribution >= 4 is 41.3 Å². The molecule has 0 radical (unpaired) electrons. The van der Waals surface area contributed by atoms with Gasteiger partial charge in [-0.25, -0.2) is 9.98 Å². The Labute approximate surface area is 177 Å². The van der Waals surface area contributed by atoms with Gasteiger partial charge in [-0.3, -0.25) is 0 Å². The van der Waals surface area contributed by atoms with Gasteiger partial charge in [-0.1, -0.05) is 26.0 Å². The number of nitrogens with one attached hydrogen (secondary N) is 2. The maximum Gasteiger partial charge on any atom is 0.191 e. The number of hydrogen-bond donors (Lipinski definition) is 2. The average Bonchev–Trinajstić information content (AvgIpc) is 3.03. The van der Waals surface area contributed by atoms with E-state index in [1.807, 2.05) is 18.3 Å². The summed E-state index contributed by atoms with van der Waals surface area (Å²) < 4.78 is 5.24. The summed E-state index contributed by atoms with van der Waals surface area (Å²) in [5.41, 5.74) is 1.23. The zero-order valence-corrected chi connectivity index (χ0v) is 19.3. The SMILES string of the molecule is CCNC(=NCc1ncc(C)s1)NCC(C)(C)c1ccc(OC)cc1.I. The van der Waals surface area contributed by atoms with Gasteiger partial charge in [-0.2, -0.15) is 0 Å². The van der Waals surface area contributed by atoms with Crippen LogP contribution in [0.15, 0.2) is 35.5 Å². The van der Waals surface area contributed by atoms with Gasteiger partial charge in [0.15, 0.2) is 5.96 Å². The van der Waals surface area contributed by atoms with Crippen molar-refractivity contribution in [2.75, 3.05) is 20.2 Å². The first-order valence-electron chi connectivity index (χ1n) is 8.52. The molecule has 7 heteroatoms. The van der Waals surface area contributed by atoms with Gasteiger partial charge in [0, 0.05) is 29.6 Å². The van der Waals surface area contributed by atoms with E-state index in [-0.39, 0.29) is 29.4 Å². The molecule has 1 heterocycles. The largest absolute Gasteiger partial charge is 0.497 e. The van der Waals surface area contributed by atoms with Crippen LogP contribution in [-0.4, -0.2) is 31.1 Å². The Kier molecular flexibility index (Phi) is 9.35. The molecule has 2 rings (SSSR count). The third kappa shape index (κ3) is 6.75. The lowest BCUT2D eigenvalue weighted by molar-refractivity contribution is 0.414. The summed E-state index contributed by atoms with van der Waals surface area (Å²) in [5, 5.41) is 7.78. The Morgan fingerprint density at radius 3 is 2.46 bits per heavy atom. The maximum absolute atomic E-state index is 5.24. The van der Waals surface area contributed by atoms with Crippen LogP contribution < -0.4 is 15.4 Å². The van der Waals surface area contributed by atoms with Crippen molar-refractivity contribution in [1.29, 1.82) is 0 Å². The summed E-state index contributed by atoms with van der Waals surface area (Å²) in [4.78, 5) is 10.2. The second-order valence-electron chi connectivity index (χ2n) is 6.53. The minimum atomic E-state index is -0.0275. The number of hydrogen-bond acceptors (Lipinski definition) is 4. The summed E-state index contributed by atoms with van der Waals surface area (Å²) in [7, 11) is 1.69. The zero-order chi connectivity index (χ0) is 18.3. The summed E-state index contributed by atoms with van der Waals surface area (Å²) in [6, 6.07) is 8.23. The van der Waals surface area contributed by atoms with Crippen LogP contribution >= 0.6 is 35.3 Å². The molecule has 2 aromatic rings. The number of ether oxygens (including phenoxy) is 1. The maximum atomic E-state index is 5.24. The molecule has 0 atom stereocenters. The van der Waals surface area contributed by atoms with Crippen molar-refractivity contribution in [3.8, 4) is 5.75 Å². The second kappa shape index (κ2) is 10.7. The van der Waals surface area contributed by atoms with Gasteiger partial charge >= 0.3 is 0 Å². The lowest BCUT2D eigenvalue weighted by Gasteiger charge is -2.27. The van der Waals surface area contributed by atoms with Crippen LogP contribution in [0.3, 0.4) is 0 Å². The number of rotatable bonds is 7. The molecule has 0 amide bonds. The van der Waals surface area contributed by atoms with Crippen LogP contribution in [0, 0.1) is 6.92 Å². The molecule has 5 nitrogen and oxygen atoms in total. The standard InChI is InChI=1S/C19H28N4OS.HI/c1-6-20-18(22-12-17-21-11-14(2)25-17)23-13-19(3,4)15-7-9-16(24-5)10-8-15;/h7-11H,6,12-13H2,1-5H3,(H2,20,22,23);1H. The second-order valence-corrected chi connectivity index (χ2v) is 7.85. The Morgan fingerprint density at radius 2 is 1.92 bits per heavy atom. The first kappa shape index (κ1) is 22.7. The highest BCUT2D eigenvalue weighted by Gasteiger charge is 2.21. The van der Waals surface area contributed by atoms with Gasteiger partial charge in [0.2, 0.25) is 0 Å². The minimum Gasteiger partial charge on any atom is -0.497 e. The van der Waals surface area contributed by atoms with Crippen LogP contribution in [0.2, 0.25) is 0 Å². The van der Waals surface area contributed by atoms with E-state index >= 15 is 0 Å².